The lowest BCUT2D eigenvalue weighted by Crippen LogP contribution is -2.23. The summed E-state index contributed by atoms with van der Waals surface area (Å²) in [6.07, 6.45) is -5.30. The van der Waals surface area contributed by atoms with Gasteiger partial charge in [0.05, 0.1) is 11.3 Å². The SMILES string of the molecule is CC(=O)Nc1cccc(NC(=O)CC(=O)Nc2ccccc2C(F)(F)F)c1. The van der Waals surface area contributed by atoms with Gasteiger partial charge in [-0.1, -0.05) is 18.2 Å². The lowest BCUT2D eigenvalue weighted by atomic mass is 10.1. The molecule has 2 aromatic carbocycles. The minimum Gasteiger partial charge on any atom is -0.326 e. The van der Waals surface area contributed by atoms with Gasteiger partial charge in [0.25, 0.3) is 0 Å². The Labute approximate surface area is 152 Å². The zero-order chi connectivity index (χ0) is 20.0. The van der Waals surface area contributed by atoms with Crippen LogP contribution in [0.2, 0.25) is 0 Å². The Morgan fingerprint density at radius 2 is 1.44 bits per heavy atom. The molecule has 0 fully saturated rings. The van der Waals surface area contributed by atoms with E-state index in [2.05, 4.69) is 16.0 Å². The molecule has 0 bridgehead atoms. The molecule has 9 heteroatoms. The summed E-state index contributed by atoms with van der Waals surface area (Å²) >= 11 is 0. The first-order valence-corrected chi connectivity index (χ1v) is 7.79. The van der Waals surface area contributed by atoms with Crippen LogP contribution in [0, 0.1) is 0 Å². The van der Waals surface area contributed by atoms with Gasteiger partial charge in [-0.3, -0.25) is 14.4 Å². The van der Waals surface area contributed by atoms with Crippen molar-refractivity contribution in [3.63, 3.8) is 0 Å². The van der Waals surface area contributed by atoms with Crippen molar-refractivity contribution in [1.29, 1.82) is 0 Å². The number of halogens is 3. The number of rotatable bonds is 5. The van der Waals surface area contributed by atoms with Crippen LogP contribution in [-0.2, 0) is 20.6 Å². The minimum atomic E-state index is -4.63. The molecule has 0 radical (unpaired) electrons. The maximum atomic E-state index is 12.9. The molecule has 0 saturated carbocycles. The number of hydrogen-bond donors (Lipinski definition) is 3. The number of anilines is 3. The van der Waals surface area contributed by atoms with Crippen LogP contribution in [0.5, 0.6) is 0 Å². The number of nitrogens with one attached hydrogen (secondary N) is 3. The van der Waals surface area contributed by atoms with Crippen LogP contribution >= 0.6 is 0 Å². The monoisotopic (exact) mass is 379 g/mol. The Hall–Kier alpha value is -3.36. The topological polar surface area (TPSA) is 87.3 Å². The van der Waals surface area contributed by atoms with Crippen molar-refractivity contribution in [3.8, 4) is 0 Å². The van der Waals surface area contributed by atoms with E-state index in [9.17, 15) is 27.6 Å². The molecule has 3 N–H and O–H groups in total. The van der Waals surface area contributed by atoms with Crippen molar-refractivity contribution >= 4 is 34.8 Å². The Bertz CT molecular complexity index is 866. The first-order chi connectivity index (χ1) is 12.6. The molecule has 0 aliphatic rings. The van der Waals surface area contributed by atoms with Gasteiger partial charge in [0.1, 0.15) is 6.42 Å². The predicted octanol–water partition coefficient (Wildman–Crippen LogP) is 3.63. The number of carbonyl (C=O) groups excluding carboxylic acids is 3. The van der Waals surface area contributed by atoms with Crippen LogP contribution in [0.3, 0.4) is 0 Å². The highest BCUT2D eigenvalue weighted by atomic mass is 19.4. The highest BCUT2D eigenvalue weighted by Gasteiger charge is 2.33. The summed E-state index contributed by atoms with van der Waals surface area (Å²) in [5.74, 6) is -1.89. The molecule has 0 aliphatic carbocycles. The summed E-state index contributed by atoms with van der Waals surface area (Å²) < 4.78 is 38.7. The summed E-state index contributed by atoms with van der Waals surface area (Å²) in [5, 5.41) is 7.07. The number of para-hydroxylation sites is 1. The number of carbonyl (C=O) groups is 3. The molecule has 0 heterocycles. The summed E-state index contributed by atoms with van der Waals surface area (Å²) in [6.45, 7) is 1.33. The number of amides is 3. The molecule has 0 aromatic heterocycles. The van der Waals surface area contributed by atoms with Gasteiger partial charge in [0.15, 0.2) is 0 Å². The second-order valence-electron chi connectivity index (χ2n) is 5.58. The largest absolute Gasteiger partial charge is 0.418 e. The first-order valence-electron chi connectivity index (χ1n) is 7.79. The average Bonchev–Trinajstić information content (AvgIpc) is 2.53. The fourth-order valence-corrected chi connectivity index (χ4v) is 2.26. The van der Waals surface area contributed by atoms with Gasteiger partial charge in [-0.15, -0.1) is 0 Å². The van der Waals surface area contributed by atoms with E-state index in [0.717, 1.165) is 12.1 Å². The fourth-order valence-electron chi connectivity index (χ4n) is 2.26. The van der Waals surface area contributed by atoms with E-state index < -0.39 is 35.7 Å². The third-order valence-corrected chi connectivity index (χ3v) is 3.29. The molecule has 0 saturated heterocycles. The van der Waals surface area contributed by atoms with Gasteiger partial charge in [-0.25, -0.2) is 0 Å². The summed E-state index contributed by atoms with van der Waals surface area (Å²) in [6, 6.07) is 10.7. The standard InChI is InChI=1S/C18H16F3N3O3/c1-11(25)22-12-5-4-6-13(9-12)23-16(26)10-17(27)24-15-8-3-2-7-14(15)18(19,20)21/h2-9H,10H2,1H3,(H,22,25)(H,23,26)(H,24,27). The predicted molar refractivity (Wildman–Crippen MR) is 94.1 cm³/mol. The van der Waals surface area contributed by atoms with Gasteiger partial charge in [-0.2, -0.15) is 13.2 Å². The second-order valence-corrected chi connectivity index (χ2v) is 5.58. The van der Waals surface area contributed by atoms with Crippen molar-refractivity contribution in [2.75, 3.05) is 16.0 Å². The average molecular weight is 379 g/mol. The Balaban J connectivity index is 1.99. The third kappa shape index (κ3) is 6.14. The van der Waals surface area contributed by atoms with Crippen LogP contribution in [0.25, 0.3) is 0 Å². The van der Waals surface area contributed by atoms with E-state index in [1.807, 2.05) is 0 Å². The molecule has 0 spiro atoms. The molecular formula is C18H16F3N3O3. The minimum absolute atomic E-state index is 0.291. The molecule has 0 aliphatic heterocycles. The molecule has 2 rings (SSSR count). The van der Waals surface area contributed by atoms with Crippen molar-refractivity contribution in [1.82, 2.24) is 0 Å². The Morgan fingerprint density at radius 3 is 2.07 bits per heavy atom. The van der Waals surface area contributed by atoms with E-state index in [4.69, 9.17) is 0 Å². The molecular weight excluding hydrogens is 363 g/mol. The van der Waals surface area contributed by atoms with Crippen LogP contribution < -0.4 is 16.0 Å². The Morgan fingerprint density at radius 1 is 0.852 bits per heavy atom. The molecule has 27 heavy (non-hydrogen) atoms. The quantitative estimate of drug-likeness (QED) is 0.694. The normalized spacial score (nSPS) is 10.8. The van der Waals surface area contributed by atoms with Crippen molar-refractivity contribution in [2.45, 2.75) is 19.5 Å². The van der Waals surface area contributed by atoms with E-state index >= 15 is 0 Å². The Kier molecular flexibility index (Phi) is 6.17. The molecule has 0 unspecified atom stereocenters. The van der Waals surface area contributed by atoms with Crippen LogP contribution in [0.15, 0.2) is 48.5 Å². The van der Waals surface area contributed by atoms with Gasteiger partial charge >= 0.3 is 6.18 Å². The van der Waals surface area contributed by atoms with Gasteiger partial charge < -0.3 is 16.0 Å². The van der Waals surface area contributed by atoms with Crippen LogP contribution in [-0.4, -0.2) is 17.7 Å². The molecule has 3 amide bonds. The maximum absolute atomic E-state index is 12.9. The van der Waals surface area contributed by atoms with Gasteiger partial charge in [0, 0.05) is 18.3 Å². The van der Waals surface area contributed by atoms with Crippen molar-refractivity contribution < 1.29 is 27.6 Å². The van der Waals surface area contributed by atoms with Crippen molar-refractivity contribution in [3.05, 3.63) is 54.1 Å². The smallest absolute Gasteiger partial charge is 0.326 e. The van der Waals surface area contributed by atoms with Gasteiger partial charge in [-0.05, 0) is 30.3 Å². The third-order valence-electron chi connectivity index (χ3n) is 3.29. The van der Waals surface area contributed by atoms with Crippen LogP contribution in [0.1, 0.15) is 18.9 Å². The summed E-state index contributed by atoms with van der Waals surface area (Å²) in [7, 11) is 0. The lowest BCUT2D eigenvalue weighted by molar-refractivity contribution is -0.137. The van der Waals surface area contributed by atoms with E-state index in [0.29, 0.717) is 11.4 Å². The van der Waals surface area contributed by atoms with E-state index in [1.165, 1.54) is 25.1 Å². The van der Waals surface area contributed by atoms with E-state index in [1.54, 1.807) is 18.2 Å². The number of benzene rings is 2. The molecule has 142 valence electrons. The lowest BCUT2D eigenvalue weighted by Gasteiger charge is -2.13. The van der Waals surface area contributed by atoms with Crippen LogP contribution in [0.4, 0.5) is 30.2 Å². The molecule has 2 aromatic rings. The highest BCUT2D eigenvalue weighted by Crippen LogP contribution is 2.34. The molecule has 6 nitrogen and oxygen atoms in total. The van der Waals surface area contributed by atoms with Crippen molar-refractivity contribution in [2.24, 2.45) is 0 Å². The van der Waals surface area contributed by atoms with E-state index in [-0.39, 0.29) is 5.91 Å². The zero-order valence-corrected chi connectivity index (χ0v) is 14.2. The second kappa shape index (κ2) is 8.35. The first kappa shape index (κ1) is 20.0. The fraction of sp³-hybridized carbons (Fsp3) is 0.167. The highest BCUT2D eigenvalue weighted by molar-refractivity contribution is 6.08. The zero-order valence-electron chi connectivity index (χ0n) is 14.2. The summed E-state index contributed by atoms with van der Waals surface area (Å²) in [5.41, 5.74) is -0.643. The number of hydrogen-bond acceptors (Lipinski definition) is 3. The number of alkyl halides is 3. The maximum Gasteiger partial charge on any atom is 0.418 e. The summed E-state index contributed by atoms with van der Waals surface area (Å²) in [4.78, 5) is 34.9. The van der Waals surface area contributed by atoms with Gasteiger partial charge in [0.2, 0.25) is 17.7 Å². The molecule has 0 atom stereocenters.